The molecule has 3 rings (SSSR count). The van der Waals surface area contributed by atoms with E-state index in [1.807, 2.05) is 30.3 Å². The molecule has 2 aromatic rings. The zero-order chi connectivity index (χ0) is 19.8. The molecule has 0 bridgehead atoms. The monoisotopic (exact) mass is 465 g/mol. The number of hydrogen-bond donors (Lipinski definition) is 1. The number of nitrogens with one attached hydrogen (secondary N) is 1. The summed E-state index contributed by atoms with van der Waals surface area (Å²) in [6.45, 7) is 0.638. The minimum Gasteiger partial charge on any atom is -0.494 e. The molecule has 1 aliphatic rings. The van der Waals surface area contributed by atoms with Gasteiger partial charge < -0.3 is 14.8 Å². The molecule has 0 saturated heterocycles. The standard InChI is InChI=1S/C22H25BrClNO3/c23-17-6-11-21(20(24)14-17)28-15-22(26)25-18-7-9-19(10-8-18)27-13-12-16-4-2-1-3-5-16/h6-11,14,16H,1-5,12-13,15H2,(H,25,26). The second-order valence-electron chi connectivity index (χ2n) is 7.08. The molecule has 0 spiro atoms. The Labute approximate surface area is 179 Å². The van der Waals surface area contributed by atoms with E-state index in [-0.39, 0.29) is 12.5 Å². The summed E-state index contributed by atoms with van der Waals surface area (Å²) >= 11 is 9.41. The summed E-state index contributed by atoms with van der Waals surface area (Å²) < 4.78 is 12.2. The molecule has 0 aliphatic heterocycles. The number of anilines is 1. The Morgan fingerprint density at radius 3 is 2.54 bits per heavy atom. The fraction of sp³-hybridized carbons (Fsp3) is 0.409. The summed E-state index contributed by atoms with van der Waals surface area (Å²) in [5.41, 5.74) is 0.704. The predicted octanol–water partition coefficient (Wildman–Crippen LogP) is 6.47. The van der Waals surface area contributed by atoms with Crippen LogP contribution in [-0.2, 0) is 4.79 Å². The maximum Gasteiger partial charge on any atom is 0.262 e. The predicted molar refractivity (Wildman–Crippen MR) is 116 cm³/mol. The van der Waals surface area contributed by atoms with Gasteiger partial charge in [-0.05, 0) is 54.8 Å². The van der Waals surface area contributed by atoms with Crippen LogP contribution in [0.3, 0.4) is 0 Å². The highest BCUT2D eigenvalue weighted by atomic mass is 79.9. The van der Waals surface area contributed by atoms with Crippen molar-refractivity contribution in [3.63, 3.8) is 0 Å². The van der Waals surface area contributed by atoms with Crippen LogP contribution in [0.25, 0.3) is 0 Å². The van der Waals surface area contributed by atoms with Gasteiger partial charge in [-0.1, -0.05) is 59.6 Å². The van der Waals surface area contributed by atoms with E-state index in [0.29, 0.717) is 16.5 Å². The van der Waals surface area contributed by atoms with Crippen LogP contribution in [-0.4, -0.2) is 19.1 Å². The largest absolute Gasteiger partial charge is 0.494 e. The Balaban J connectivity index is 1.39. The SMILES string of the molecule is O=C(COc1ccc(Br)cc1Cl)Nc1ccc(OCCC2CCCCC2)cc1. The third kappa shape index (κ3) is 6.71. The Bertz CT molecular complexity index is 776. The second kappa shape index (κ2) is 10.7. The van der Waals surface area contributed by atoms with Crippen molar-refractivity contribution in [1.29, 1.82) is 0 Å². The first-order valence-electron chi connectivity index (χ1n) is 9.71. The lowest BCUT2D eigenvalue weighted by Gasteiger charge is -2.21. The van der Waals surface area contributed by atoms with Gasteiger partial charge in [-0.3, -0.25) is 4.79 Å². The molecule has 1 amide bonds. The molecule has 1 N–H and O–H groups in total. The molecule has 6 heteroatoms. The fourth-order valence-electron chi connectivity index (χ4n) is 3.39. The molecule has 1 fully saturated rings. The lowest BCUT2D eigenvalue weighted by atomic mass is 9.87. The first-order chi connectivity index (χ1) is 13.6. The summed E-state index contributed by atoms with van der Waals surface area (Å²) in [6, 6.07) is 12.7. The van der Waals surface area contributed by atoms with E-state index in [1.54, 1.807) is 12.1 Å². The topological polar surface area (TPSA) is 47.6 Å². The lowest BCUT2D eigenvalue weighted by molar-refractivity contribution is -0.118. The van der Waals surface area contributed by atoms with Crippen molar-refractivity contribution in [2.75, 3.05) is 18.5 Å². The van der Waals surface area contributed by atoms with Crippen LogP contribution in [0.1, 0.15) is 38.5 Å². The molecule has 2 aromatic carbocycles. The summed E-state index contributed by atoms with van der Waals surface area (Å²) in [5.74, 6) is 1.87. The lowest BCUT2D eigenvalue weighted by Crippen LogP contribution is -2.20. The van der Waals surface area contributed by atoms with E-state index in [9.17, 15) is 4.79 Å². The highest BCUT2D eigenvalue weighted by molar-refractivity contribution is 9.10. The van der Waals surface area contributed by atoms with Gasteiger partial charge in [0.15, 0.2) is 6.61 Å². The average Bonchev–Trinajstić information content (AvgIpc) is 2.69. The zero-order valence-electron chi connectivity index (χ0n) is 15.8. The van der Waals surface area contributed by atoms with E-state index in [1.165, 1.54) is 32.1 Å². The Kier molecular flexibility index (Phi) is 8.04. The molecule has 150 valence electrons. The molecule has 1 aliphatic carbocycles. The summed E-state index contributed by atoms with van der Waals surface area (Å²) in [5, 5.41) is 3.26. The van der Waals surface area contributed by atoms with Gasteiger partial charge in [0.1, 0.15) is 11.5 Å². The van der Waals surface area contributed by atoms with Gasteiger partial charge in [-0.25, -0.2) is 0 Å². The van der Waals surface area contributed by atoms with E-state index < -0.39 is 0 Å². The van der Waals surface area contributed by atoms with Crippen LogP contribution in [0, 0.1) is 5.92 Å². The highest BCUT2D eigenvalue weighted by Crippen LogP contribution is 2.28. The van der Waals surface area contributed by atoms with Gasteiger partial charge in [0.25, 0.3) is 5.91 Å². The van der Waals surface area contributed by atoms with Gasteiger partial charge in [-0.15, -0.1) is 0 Å². The van der Waals surface area contributed by atoms with E-state index in [4.69, 9.17) is 21.1 Å². The van der Waals surface area contributed by atoms with Crippen LogP contribution in [0.2, 0.25) is 5.02 Å². The van der Waals surface area contributed by atoms with Crippen molar-refractivity contribution in [3.05, 3.63) is 52.0 Å². The maximum atomic E-state index is 12.1. The third-order valence-electron chi connectivity index (χ3n) is 4.91. The average molecular weight is 467 g/mol. The van der Waals surface area contributed by atoms with Crippen LogP contribution in [0.4, 0.5) is 5.69 Å². The minimum atomic E-state index is -0.245. The number of rotatable bonds is 8. The molecular formula is C22H25BrClNO3. The van der Waals surface area contributed by atoms with E-state index in [0.717, 1.165) is 29.2 Å². The first-order valence-corrected chi connectivity index (χ1v) is 10.9. The Hall–Kier alpha value is -1.72. The van der Waals surface area contributed by atoms with Crippen molar-refractivity contribution in [3.8, 4) is 11.5 Å². The maximum absolute atomic E-state index is 12.1. The number of ether oxygens (including phenoxy) is 2. The number of amides is 1. The molecule has 0 aromatic heterocycles. The molecule has 0 atom stereocenters. The molecule has 28 heavy (non-hydrogen) atoms. The van der Waals surface area contributed by atoms with E-state index in [2.05, 4.69) is 21.2 Å². The minimum absolute atomic E-state index is 0.110. The molecule has 0 heterocycles. The Morgan fingerprint density at radius 2 is 1.82 bits per heavy atom. The van der Waals surface area contributed by atoms with Crippen molar-refractivity contribution in [2.45, 2.75) is 38.5 Å². The van der Waals surface area contributed by atoms with Crippen molar-refractivity contribution >= 4 is 39.1 Å². The number of carbonyl (C=O) groups is 1. The van der Waals surface area contributed by atoms with Gasteiger partial charge in [-0.2, -0.15) is 0 Å². The molecule has 0 unspecified atom stereocenters. The molecule has 4 nitrogen and oxygen atoms in total. The normalized spacial score (nSPS) is 14.5. The quantitative estimate of drug-likeness (QED) is 0.485. The van der Waals surface area contributed by atoms with Crippen molar-refractivity contribution in [2.24, 2.45) is 5.92 Å². The number of benzene rings is 2. The molecule has 1 saturated carbocycles. The molecular weight excluding hydrogens is 442 g/mol. The summed E-state index contributed by atoms with van der Waals surface area (Å²) in [4.78, 5) is 12.1. The third-order valence-corrected chi connectivity index (χ3v) is 5.70. The van der Waals surface area contributed by atoms with Crippen LogP contribution < -0.4 is 14.8 Å². The number of hydrogen-bond acceptors (Lipinski definition) is 3. The van der Waals surface area contributed by atoms with Crippen LogP contribution >= 0.6 is 27.5 Å². The number of halogens is 2. The van der Waals surface area contributed by atoms with Gasteiger partial charge in [0.05, 0.1) is 11.6 Å². The van der Waals surface area contributed by atoms with Gasteiger partial charge >= 0.3 is 0 Å². The summed E-state index contributed by atoms with van der Waals surface area (Å²) in [6.07, 6.45) is 7.89. The number of carbonyl (C=O) groups excluding carboxylic acids is 1. The van der Waals surface area contributed by atoms with Gasteiger partial charge in [0.2, 0.25) is 0 Å². The van der Waals surface area contributed by atoms with Crippen molar-refractivity contribution in [1.82, 2.24) is 0 Å². The van der Waals surface area contributed by atoms with Crippen LogP contribution in [0.15, 0.2) is 46.9 Å². The first kappa shape index (κ1) is 21.0. The van der Waals surface area contributed by atoms with Crippen LogP contribution in [0.5, 0.6) is 11.5 Å². The summed E-state index contributed by atoms with van der Waals surface area (Å²) in [7, 11) is 0. The second-order valence-corrected chi connectivity index (χ2v) is 8.40. The van der Waals surface area contributed by atoms with Gasteiger partial charge in [0, 0.05) is 10.2 Å². The zero-order valence-corrected chi connectivity index (χ0v) is 18.1. The van der Waals surface area contributed by atoms with Crippen molar-refractivity contribution < 1.29 is 14.3 Å². The fourth-order valence-corrected chi connectivity index (χ4v) is 4.11. The molecule has 0 radical (unpaired) electrons. The Morgan fingerprint density at radius 1 is 1.07 bits per heavy atom. The van der Waals surface area contributed by atoms with E-state index >= 15 is 0 Å². The smallest absolute Gasteiger partial charge is 0.262 e. The highest BCUT2D eigenvalue weighted by Gasteiger charge is 2.13.